The summed E-state index contributed by atoms with van der Waals surface area (Å²) in [7, 11) is 0. The zero-order chi connectivity index (χ0) is 15.4. The number of hydrogen-bond acceptors (Lipinski definition) is 4. The molecule has 1 saturated carbocycles. The van der Waals surface area contributed by atoms with Crippen LogP contribution < -0.4 is 10.6 Å². The van der Waals surface area contributed by atoms with Gasteiger partial charge in [0.1, 0.15) is 6.04 Å². The van der Waals surface area contributed by atoms with E-state index in [0.29, 0.717) is 0 Å². The van der Waals surface area contributed by atoms with E-state index >= 15 is 0 Å². The van der Waals surface area contributed by atoms with Gasteiger partial charge in [-0.25, -0.2) is 0 Å². The van der Waals surface area contributed by atoms with Crippen molar-refractivity contribution in [1.29, 1.82) is 0 Å². The molecule has 1 fully saturated rings. The van der Waals surface area contributed by atoms with Gasteiger partial charge in [0.25, 0.3) is 5.91 Å². The van der Waals surface area contributed by atoms with E-state index in [1.165, 1.54) is 12.3 Å². The van der Waals surface area contributed by atoms with E-state index in [0.717, 1.165) is 12.8 Å². The molecule has 2 rings (SSSR count). The monoisotopic (exact) mass is 294 g/mol. The van der Waals surface area contributed by atoms with Gasteiger partial charge in [0, 0.05) is 6.04 Å². The van der Waals surface area contributed by atoms with Crippen molar-refractivity contribution in [3.8, 4) is 0 Å². The van der Waals surface area contributed by atoms with Gasteiger partial charge in [0.05, 0.1) is 12.7 Å². The van der Waals surface area contributed by atoms with Crippen LogP contribution in [0.4, 0.5) is 0 Å². The first-order chi connectivity index (χ1) is 9.97. The Labute approximate surface area is 121 Å². The Morgan fingerprint density at radius 1 is 1.38 bits per heavy atom. The van der Waals surface area contributed by atoms with Gasteiger partial charge >= 0.3 is 5.97 Å². The predicted octanol–water partition coefficient (Wildman–Crippen LogP) is 0.767. The lowest BCUT2D eigenvalue weighted by molar-refractivity contribution is -0.138. The van der Waals surface area contributed by atoms with Gasteiger partial charge in [-0.05, 0) is 37.8 Å². The van der Waals surface area contributed by atoms with Crippen LogP contribution in [0.1, 0.15) is 36.7 Å². The highest BCUT2D eigenvalue weighted by molar-refractivity contribution is 5.95. The summed E-state index contributed by atoms with van der Waals surface area (Å²) >= 11 is 0. The van der Waals surface area contributed by atoms with Crippen molar-refractivity contribution in [2.75, 3.05) is 0 Å². The molecule has 7 heteroatoms. The van der Waals surface area contributed by atoms with Gasteiger partial charge < -0.3 is 20.2 Å². The molecule has 1 aromatic rings. The number of carboxylic acids is 1. The van der Waals surface area contributed by atoms with Crippen molar-refractivity contribution in [1.82, 2.24) is 10.6 Å². The summed E-state index contributed by atoms with van der Waals surface area (Å²) in [5.74, 6) is -1.48. The molecule has 2 amide bonds. The number of carbonyl (C=O) groups excluding carboxylic acids is 2. The minimum absolute atomic E-state index is 0.102. The third-order valence-electron chi connectivity index (χ3n) is 3.40. The highest BCUT2D eigenvalue weighted by atomic mass is 16.4. The van der Waals surface area contributed by atoms with Crippen molar-refractivity contribution in [2.45, 2.75) is 38.3 Å². The molecule has 0 bridgehead atoms. The number of furan rings is 1. The summed E-state index contributed by atoms with van der Waals surface area (Å²) in [4.78, 5) is 34.6. The summed E-state index contributed by atoms with van der Waals surface area (Å²) in [5.41, 5.74) is 0. The van der Waals surface area contributed by atoms with Crippen molar-refractivity contribution in [3.63, 3.8) is 0 Å². The number of carbonyl (C=O) groups is 3. The number of rotatable bonds is 7. The quantitative estimate of drug-likeness (QED) is 0.688. The minimum atomic E-state index is -0.945. The summed E-state index contributed by atoms with van der Waals surface area (Å²) in [6.45, 7) is 1.54. The van der Waals surface area contributed by atoms with Crippen LogP contribution >= 0.6 is 0 Å². The first-order valence-electron chi connectivity index (χ1n) is 6.84. The van der Waals surface area contributed by atoms with Crippen LogP contribution in [-0.4, -0.2) is 35.0 Å². The van der Waals surface area contributed by atoms with Gasteiger partial charge in [0.15, 0.2) is 5.76 Å². The fourth-order valence-corrected chi connectivity index (χ4v) is 2.07. The molecule has 0 radical (unpaired) electrons. The minimum Gasteiger partial charge on any atom is -0.481 e. The van der Waals surface area contributed by atoms with Crippen LogP contribution in [0.15, 0.2) is 22.8 Å². The molecule has 0 aromatic carbocycles. The SMILES string of the molecule is CC(NC(=O)c1ccco1)C(=O)NC(CC(=O)O)C1CC1. The summed E-state index contributed by atoms with van der Waals surface area (Å²) in [6.07, 6.45) is 3.11. The molecule has 1 heterocycles. The smallest absolute Gasteiger partial charge is 0.305 e. The second-order valence-corrected chi connectivity index (χ2v) is 5.22. The molecule has 0 saturated heterocycles. The Morgan fingerprint density at radius 2 is 2.10 bits per heavy atom. The maximum Gasteiger partial charge on any atom is 0.305 e. The molecule has 0 aliphatic heterocycles. The fraction of sp³-hybridized carbons (Fsp3) is 0.500. The Bertz CT molecular complexity index is 521. The van der Waals surface area contributed by atoms with Crippen LogP contribution in [-0.2, 0) is 9.59 Å². The van der Waals surface area contributed by atoms with E-state index in [2.05, 4.69) is 10.6 Å². The number of aliphatic carboxylic acids is 1. The van der Waals surface area contributed by atoms with E-state index in [1.54, 1.807) is 13.0 Å². The average Bonchev–Trinajstić information content (AvgIpc) is 3.11. The molecular formula is C14H18N2O5. The van der Waals surface area contributed by atoms with Gasteiger partial charge in [-0.3, -0.25) is 14.4 Å². The van der Waals surface area contributed by atoms with Crippen LogP contribution in [0.2, 0.25) is 0 Å². The second-order valence-electron chi connectivity index (χ2n) is 5.22. The molecule has 1 aliphatic rings. The third kappa shape index (κ3) is 4.34. The molecule has 21 heavy (non-hydrogen) atoms. The lowest BCUT2D eigenvalue weighted by atomic mass is 10.1. The van der Waals surface area contributed by atoms with Crippen LogP contribution in [0.5, 0.6) is 0 Å². The number of carboxylic acid groups (broad SMARTS) is 1. The summed E-state index contributed by atoms with van der Waals surface area (Å²) in [6, 6.07) is 1.93. The largest absolute Gasteiger partial charge is 0.481 e. The molecule has 2 unspecified atom stereocenters. The normalized spacial score (nSPS) is 16.8. The summed E-state index contributed by atoms with van der Waals surface area (Å²) in [5, 5.41) is 14.1. The molecule has 1 aromatic heterocycles. The molecule has 1 aliphatic carbocycles. The molecule has 3 N–H and O–H groups in total. The van der Waals surface area contributed by atoms with Gasteiger partial charge in [-0.15, -0.1) is 0 Å². The zero-order valence-electron chi connectivity index (χ0n) is 11.7. The highest BCUT2D eigenvalue weighted by Gasteiger charge is 2.34. The first-order valence-corrected chi connectivity index (χ1v) is 6.84. The lowest BCUT2D eigenvalue weighted by Crippen LogP contribution is -2.49. The fourth-order valence-electron chi connectivity index (χ4n) is 2.07. The molecule has 114 valence electrons. The Kier molecular flexibility index (Phi) is 4.62. The number of nitrogens with one attached hydrogen (secondary N) is 2. The van der Waals surface area contributed by atoms with Crippen LogP contribution in [0.25, 0.3) is 0 Å². The maximum absolute atomic E-state index is 12.0. The first kappa shape index (κ1) is 15.1. The number of hydrogen-bond donors (Lipinski definition) is 3. The van der Waals surface area contributed by atoms with E-state index < -0.39 is 23.8 Å². The molecule has 2 atom stereocenters. The molecular weight excluding hydrogens is 276 g/mol. The number of amides is 2. The van der Waals surface area contributed by atoms with Crippen molar-refractivity contribution < 1.29 is 23.9 Å². The van der Waals surface area contributed by atoms with Crippen molar-refractivity contribution in [3.05, 3.63) is 24.2 Å². The standard InChI is InChI=1S/C14H18N2O5/c1-8(15-14(20)11-3-2-6-21-11)13(19)16-10(7-12(17)18)9-4-5-9/h2-3,6,8-10H,4-5,7H2,1H3,(H,15,20)(H,16,19)(H,17,18). The summed E-state index contributed by atoms with van der Waals surface area (Å²) < 4.78 is 4.94. The Balaban J connectivity index is 1.86. The van der Waals surface area contributed by atoms with E-state index in [1.807, 2.05) is 0 Å². The Morgan fingerprint density at radius 3 is 2.62 bits per heavy atom. The van der Waals surface area contributed by atoms with Crippen LogP contribution in [0.3, 0.4) is 0 Å². The predicted molar refractivity (Wildman–Crippen MR) is 72.5 cm³/mol. The highest BCUT2D eigenvalue weighted by Crippen LogP contribution is 2.34. The van der Waals surface area contributed by atoms with Crippen molar-refractivity contribution >= 4 is 17.8 Å². The second kappa shape index (κ2) is 6.43. The van der Waals surface area contributed by atoms with Crippen molar-refractivity contribution in [2.24, 2.45) is 5.92 Å². The van der Waals surface area contributed by atoms with Gasteiger partial charge in [-0.1, -0.05) is 0 Å². The molecule has 0 spiro atoms. The topological polar surface area (TPSA) is 109 Å². The van der Waals surface area contributed by atoms with E-state index in [-0.39, 0.29) is 24.1 Å². The molecule has 7 nitrogen and oxygen atoms in total. The Hall–Kier alpha value is -2.31. The lowest BCUT2D eigenvalue weighted by Gasteiger charge is -2.19. The average molecular weight is 294 g/mol. The third-order valence-corrected chi connectivity index (χ3v) is 3.40. The van der Waals surface area contributed by atoms with Gasteiger partial charge in [-0.2, -0.15) is 0 Å². The van der Waals surface area contributed by atoms with Gasteiger partial charge in [0.2, 0.25) is 5.91 Å². The van der Waals surface area contributed by atoms with E-state index in [4.69, 9.17) is 9.52 Å². The van der Waals surface area contributed by atoms with E-state index in [9.17, 15) is 14.4 Å². The maximum atomic E-state index is 12.0. The zero-order valence-corrected chi connectivity index (χ0v) is 11.7. The van der Waals surface area contributed by atoms with Crippen LogP contribution in [0, 0.1) is 5.92 Å².